The Labute approximate surface area is 137 Å². The van der Waals surface area contributed by atoms with Crippen LogP contribution in [0.3, 0.4) is 0 Å². The maximum Gasteiger partial charge on any atom is 0.357 e. The summed E-state index contributed by atoms with van der Waals surface area (Å²) in [6, 6.07) is 6.58. The molecule has 5 nitrogen and oxygen atoms in total. The van der Waals surface area contributed by atoms with Crippen molar-refractivity contribution in [1.82, 2.24) is 5.06 Å². The Balaban J connectivity index is 0.00000242. The van der Waals surface area contributed by atoms with Crippen molar-refractivity contribution in [3.8, 4) is 0 Å². The molecular formula is C16H23ClN2O3. The topological polar surface area (TPSA) is 72.6 Å². The monoisotopic (exact) mass is 326 g/mol. The zero-order valence-corrected chi connectivity index (χ0v) is 14.2. The number of hydrogen-bond acceptors (Lipinski definition) is 5. The summed E-state index contributed by atoms with van der Waals surface area (Å²) in [7, 11) is 0. The third-order valence-corrected chi connectivity index (χ3v) is 3.68. The SMILES string of the molecule is CC1(C)CC(=O)CC(C)(C)N1OC(=O)c1ccc(N)cc1.Cl. The van der Waals surface area contributed by atoms with Crippen molar-refractivity contribution in [2.45, 2.75) is 51.6 Å². The van der Waals surface area contributed by atoms with Gasteiger partial charge in [0.1, 0.15) is 5.78 Å². The molecule has 0 aliphatic carbocycles. The largest absolute Gasteiger partial charge is 0.399 e. The van der Waals surface area contributed by atoms with Gasteiger partial charge in [0.25, 0.3) is 0 Å². The lowest BCUT2D eigenvalue weighted by Crippen LogP contribution is -2.61. The molecular weight excluding hydrogens is 304 g/mol. The normalized spacial score (nSPS) is 20.1. The standard InChI is InChI=1S/C16H22N2O3.ClH/c1-15(2)9-13(19)10-16(3,4)18(15)21-14(20)11-5-7-12(17)8-6-11;/h5-8H,9-10,17H2,1-4H3;1H. The van der Waals surface area contributed by atoms with E-state index in [2.05, 4.69) is 0 Å². The molecule has 0 bridgehead atoms. The van der Waals surface area contributed by atoms with Gasteiger partial charge >= 0.3 is 5.97 Å². The van der Waals surface area contributed by atoms with E-state index in [1.807, 2.05) is 27.7 Å². The van der Waals surface area contributed by atoms with Gasteiger partial charge in [0.15, 0.2) is 0 Å². The Morgan fingerprint density at radius 2 is 1.55 bits per heavy atom. The molecule has 1 aliphatic heterocycles. The number of anilines is 1. The van der Waals surface area contributed by atoms with Crippen LogP contribution in [0, 0.1) is 0 Å². The Morgan fingerprint density at radius 3 is 2.00 bits per heavy atom. The number of piperidine rings is 1. The molecule has 0 atom stereocenters. The highest BCUT2D eigenvalue weighted by Gasteiger charge is 2.47. The Morgan fingerprint density at radius 1 is 1.09 bits per heavy atom. The number of Topliss-reactive ketones (excluding diaryl/α,β-unsaturated/α-hetero) is 1. The predicted octanol–water partition coefficient (Wildman–Crippen LogP) is 2.98. The minimum absolute atomic E-state index is 0. The number of carbonyl (C=O) groups is 2. The molecule has 1 aromatic carbocycles. The summed E-state index contributed by atoms with van der Waals surface area (Å²) in [5.74, 6) is -0.254. The van der Waals surface area contributed by atoms with Crippen LogP contribution in [0.5, 0.6) is 0 Å². The molecule has 122 valence electrons. The van der Waals surface area contributed by atoms with Crippen molar-refractivity contribution >= 4 is 29.8 Å². The third kappa shape index (κ3) is 3.78. The lowest BCUT2D eigenvalue weighted by Gasteiger charge is -2.49. The fourth-order valence-electron chi connectivity index (χ4n) is 2.99. The van der Waals surface area contributed by atoms with Gasteiger partial charge in [-0.05, 0) is 52.0 Å². The van der Waals surface area contributed by atoms with Crippen LogP contribution in [0.2, 0.25) is 0 Å². The number of benzene rings is 1. The van der Waals surface area contributed by atoms with E-state index in [9.17, 15) is 9.59 Å². The van der Waals surface area contributed by atoms with Gasteiger partial charge in [-0.25, -0.2) is 4.79 Å². The first-order chi connectivity index (χ1) is 9.62. The van der Waals surface area contributed by atoms with E-state index in [1.165, 1.54) is 0 Å². The molecule has 1 aromatic rings. The zero-order chi connectivity index (χ0) is 15.8. The van der Waals surface area contributed by atoms with Crippen LogP contribution in [0.1, 0.15) is 50.9 Å². The number of rotatable bonds is 2. The minimum Gasteiger partial charge on any atom is -0.399 e. The fraction of sp³-hybridized carbons (Fsp3) is 0.500. The maximum absolute atomic E-state index is 12.3. The smallest absolute Gasteiger partial charge is 0.357 e. The van der Waals surface area contributed by atoms with Crippen molar-refractivity contribution in [3.05, 3.63) is 29.8 Å². The molecule has 2 N–H and O–H groups in total. The van der Waals surface area contributed by atoms with E-state index in [1.54, 1.807) is 29.3 Å². The first kappa shape index (κ1) is 18.5. The second kappa shape index (κ2) is 6.26. The molecule has 1 saturated heterocycles. The van der Waals surface area contributed by atoms with E-state index in [0.29, 0.717) is 24.1 Å². The number of ketones is 1. The van der Waals surface area contributed by atoms with Gasteiger partial charge < -0.3 is 10.6 Å². The Bertz CT molecular complexity index is 547. The van der Waals surface area contributed by atoms with E-state index < -0.39 is 17.0 Å². The molecule has 1 aliphatic rings. The van der Waals surface area contributed by atoms with Gasteiger partial charge in [0.2, 0.25) is 0 Å². The molecule has 0 spiro atoms. The quantitative estimate of drug-likeness (QED) is 0.846. The highest BCUT2D eigenvalue weighted by molar-refractivity contribution is 5.89. The van der Waals surface area contributed by atoms with Crippen LogP contribution in [-0.2, 0) is 9.63 Å². The number of carbonyl (C=O) groups excluding carboxylic acids is 2. The lowest BCUT2D eigenvalue weighted by atomic mass is 9.81. The van der Waals surface area contributed by atoms with Crippen molar-refractivity contribution in [2.75, 3.05) is 5.73 Å². The number of hydroxylamine groups is 2. The third-order valence-electron chi connectivity index (χ3n) is 3.68. The van der Waals surface area contributed by atoms with Crippen LogP contribution in [0.25, 0.3) is 0 Å². The second-order valence-electron chi connectivity index (χ2n) is 6.81. The van der Waals surface area contributed by atoms with Gasteiger partial charge in [0.05, 0.1) is 16.6 Å². The Kier molecular flexibility index (Phi) is 5.25. The number of nitrogens with zero attached hydrogens (tertiary/aromatic N) is 1. The Hall–Kier alpha value is -1.59. The van der Waals surface area contributed by atoms with E-state index in [4.69, 9.17) is 10.6 Å². The first-order valence-electron chi connectivity index (χ1n) is 7.02. The molecule has 2 rings (SSSR count). The van der Waals surface area contributed by atoms with E-state index >= 15 is 0 Å². The molecule has 0 saturated carbocycles. The van der Waals surface area contributed by atoms with Gasteiger partial charge in [-0.15, -0.1) is 17.5 Å². The second-order valence-corrected chi connectivity index (χ2v) is 6.81. The molecule has 0 amide bonds. The number of hydrogen-bond donors (Lipinski definition) is 1. The summed E-state index contributed by atoms with van der Waals surface area (Å²) in [6.45, 7) is 7.62. The van der Waals surface area contributed by atoms with E-state index in [0.717, 1.165) is 0 Å². The molecule has 0 radical (unpaired) electrons. The predicted molar refractivity (Wildman–Crippen MR) is 87.8 cm³/mol. The summed E-state index contributed by atoms with van der Waals surface area (Å²) in [4.78, 5) is 29.7. The highest BCUT2D eigenvalue weighted by atomic mass is 35.5. The molecule has 0 unspecified atom stereocenters. The van der Waals surface area contributed by atoms with Crippen LogP contribution >= 0.6 is 12.4 Å². The number of halogens is 1. The molecule has 6 heteroatoms. The zero-order valence-electron chi connectivity index (χ0n) is 13.4. The van der Waals surface area contributed by atoms with Gasteiger partial charge in [-0.3, -0.25) is 4.79 Å². The summed E-state index contributed by atoms with van der Waals surface area (Å²) < 4.78 is 0. The maximum atomic E-state index is 12.3. The summed E-state index contributed by atoms with van der Waals surface area (Å²) >= 11 is 0. The molecule has 22 heavy (non-hydrogen) atoms. The van der Waals surface area contributed by atoms with E-state index in [-0.39, 0.29) is 18.2 Å². The van der Waals surface area contributed by atoms with Crippen LogP contribution in [-0.4, -0.2) is 27.9 Å². The van der Waals surface area contributed by atoms with Gasteiger partial charge in [-0.1, -0.05) is 0 Å². The summed E-state index contributed by atoms with van der Waals surface area (Å²) in [6.07, 6.45) is 0.733. The molecule has 0 aromatic heterocycles. The molecule has 1 heterocycles. The summed E-state index contributed by atoms with van der Waals surface area (Å²) in [5, 5.41) is 1.65. The van der Waals surface area contributed by atoms with Crippen LogP contribution < -0.4 is 5.73 Å². The minimum atomic E-state index is -0.525. The first-order valence-corrected chi connectivity index (χ1v) is 7.02. The van der Waals surface area contributed by atoms with Crippen molar-refractivity contribution in [1.29, 1.82) is 0 Å². The van der Waals surface area contributed by atoms with Crippen molar-refractivity contribution in [3.63, 3.8) is 0 Å². The average molecular weight is 327 g/mol. The number of nitrogen functional groups attached to an aromatic ring is 1. The van der Waals surface area contributed by atoms with Crippen LogP contribution in [0.4, 0.5) is 5.69 Å². The highest BCUT2D eigenvalue weighted by Crippen LogP contribution is 2.37. The van der Waals surface area contributed by atoms with Crippen molar-refractivity contribution in [2.24, 2.45) is 0 Å². The number of nitrogens with two attached hydrogens (primary N) is 1. The van der Waals surface area contributed by atoms with Gasteiger partial charge in [-0.2, -0.15) is 0 Å². The van der Waals surface area contributed by atoms with Gasteiger partial charge in [0, 0.05) is 18.5 Å². The fourth-order valence-corrected chi connectivity index (χ4v) is 2.99. The lowest BCUT2D eigenvalue weighted by molar-refractivity contribution is -0.236. The average Bonchev–Trinajstić information content (AvgIpc) is 2.33. The van der Waals surface area contributed by atoms with Crippen LogP contribution in [0.15, 0.2) is 24.3 Å². The summed E-state index contributed by atoms with van der Waals surface area (Å²) in [5.41, 5.74) is 5.59. The van der Waals surface area contributed by atoms with Crippen molar-refractivity contribution < 1.29 is 14.4 Å². The molecule has 1 fully saturated rings.